The summed E-state index contributed by atoms with van der Waals surface area (Å²) >= 11 is 0. The molecule has 0 unspecified atom stereocenters. The van der Waals surface area contributed by atoms with E-state index in [2.05, 4.69) is 93.9 Å². The molecule has 2 saturated heterocycles. The molecule has 0 radical (unpaired) electrons. The van der Waals surface area contributed by atoms with Crippen LogP contribution in [0.5, 0.6) is 0 Å². The second kappa shape index (κ2) is 25.4. The first-order chi connectivity index (χ1) is 30.2. The summed E-state index contributed by atoms with van der Waals surface area (Å²) in [6, 6.07) is 0. The van der Waals surface area contributed by atoms with E-state index in [-0.39, 0.29) is 71.4 Å². The Kier molecular flexibility index (Phi) is 23.4. The van der Waals surface area contributed by atoms with Gasteiger partial charge in [-0.2, -0.15) is 0 Å². The molecule has 2 heterocycles. The molecule has 12 atom stereocenters. The first-order valence-corrected chi connectivity index (χ1v) is 28.8. The molecule has 4 amide bonds. The van der Waals surface area contributed by atoms with E-state index in [1.54, 1.807) is 40.2 Å². The monoisotopic (exact) mass is 959 g/mol. The van der Waals surface area contributed by atoms with Crippen LogP contribution in [0, 0.1) is 40.2 Å². The average molecular weight is 959 g/mol. The molecule has 0 saturated carbocycles. The SMILES string of the molecule is C=C[C@H](OC)[C@@H](O[Si](C)(C)C(C)(C)C)[C@H](C)/C=C(/C)[C@H](C)[C@H](C)C(=O)N1C(=O)OC[C@H]1B=N.C=C[C@H](OC)[C@@H](O[Si](C)(C)C(C)(C)C)[C@H](C)/C=C(/C)[C@H](O)[C@H](C)C(=O)N1C(=O)OC[C@H]1B=N. The van der Waals surface area contributed by atoms with Crippen LogP contribution in [0.1, 0.15) is 90.0 Å². The van der Waals surface area contributed by atoms with Crippen molar-refractivity contribution in [3.05, 3.63) is 48.6 Å². The number of allylic oxidation sites excluding steroid dienone is 1. The number of hydrogen-bond donors (Lipinski definition) is 3. The van der Waals surface area contributed by atoms with Crippen molar-refractivity contribution < 1.29 is 52.1 Å². The Morgan fingerprint density at radius 1 is 0.697 bits per heavy atom. The van der Waals surface area contributed by atoms with Crippen LogP contribution in [0.15, 0.2) is 48.6 Å². The molecule has 0 aliphatic carbocycles. The van der Waals surface area contributed by atoms with Crippen LogP contribution in [0.4, 0.5) is 9.59 Å². The molecule has 0 spiro atoms. The van der Waals surface area contributed by atoms with E-state index in [0.717, 1.165) is 29.5 Å². The molecule has 0 aromatic rings. The number of carbonyl (C=O) groups excluding carboxylic acids is 4. The Morgan fingerprint density at radius 2 is 1.03 bits per heavy atom. The van der Waals surface area contributed by atoms with E-state index in [1.165, 1.54) is 0 Å². The third-order valence-electron chi connectivity index (χ3n) is 14.1. The molecule has 66 heavy (non-hydrogen) atoms. The molecule has 2 fully saturated rings. The van der Waals surface area contributed by atoms with Crippen molar-refractivity contribution in [2.45, 2.75) is 169 Å². The van der Waals surface area contributed by atoms with Crippen LogP contribution < -0.4 is 0 Å². The summed E-state index contributed by atoms with van der Waals surface area (Å²) in [6.45, 7) is 42.9. The topological polar surface area (TPSA) is 198 Å². The second-order valence-corrected chi connectivity index (χ2v) is 30.5. The van der Waals surface area contributed by atoms with Gasteiger partial charge in [-0.15, -0.1) is 0 Å². The van der Waals surface area contributed by atoms with Gasteiger partial charge in [0.15, 0.2) is 0 Å². The fraction of sp³-hybridized carbons (Fsp3) is 0.745. The molecule has 2 rings (SSSR count). The van der Waals surface area contributed by atoms with Gasteiger partial charge in [-0.05, 0) is 0 Å². The quantitative estimate of drug-likeness (QED) is 0.0691. The first kappa shape index (κ1) is 60.8. The number of aliphatic hydroxyl groups excluding tert-OH is 1. The van der Waals surface area contributed by atoms with Crippen molar-refractivity contribution in [3.8, 4) is 0 Å². The molecule has 372 valence electrons. The van der Waals surface area contributed by atoms with Crippen LogP contribution in [-0.4, -0.2) is 140 Å². The van der Waals surface area contributed by atoms with Crippen molar-refractivity contribution >= 4 is 54.8 Å². The van der Waals surface area contributed by atoms with Crippen LogP contribution in [0.25, 0.3) is 0 Å². The maximum absolute atomic E-state index is 13.0. The van der Waals surface area contributed by atoms with E-state index >= 15 is 0 Å². The van der Waals surface area contributed by atoms with Gasteiger partial charge in [0.25, 0.3) is 0 Å². The molecule has 2 aliphatic rings. The molecule has 0 aromatic carbocycles. The van der Waals surface area contributed by atoms with Crippen molar-refractivity contribution in [1.29, 1.82) is 10.6 Å². The summed E-state index contributed by atoms with van der Waals surface area (Å²) in [5, 5.41) is 25.9. The van der Waals surface area contributed by atoms with E-state index in [1.807, 2.05) is 33.8 Å². The summed E-state index contributed by atoms with van der Waals surface area (Å²) in [6.07, 6.45) is 3.80. The van der Waals surface area contributed by atoms with Crippen molar-refractivity contribution in [2.24, 2.45) is 29.6 Å². The number of nitrogens with one attached hydrogen (secondary N) is 2. The van der Waals surface area contributed by atoms with Gasteiger partial charge in [-0.1, -0.05) is 41.5 Å². The Labute approximate surface area is 400 Å². The summed E-state index contributed by atoms with van der Waals surface area (Å²) in [4.78, 5) is 51.9. The number of cyclic esters (lactones) is 2. The van der Waals surface area contributed by atoms with Gasteiger partial charge < -0.3 is 0 Å². The first-order valence-electron chi connectivity index (χ1n) is 23.0. The van der Waals surface area contributed by atoms with Crippen molar-refractivity contribution in [3.63, 3.8) is 0 Å². The van der Waals surface area contributed by atoms with E-state index in [4.69, 9.17) is 38.4 Å². The average Bonchev–Trinajstić information content (AvgIpc) is 3.81. The second-order valence-electron chi connectivity index (χ2n) is 20.9. The van der Waals surface area contributed by atoms with Crippen molar-refractivity contribution in [1.82, 2.24) is 9.80 Å². The van der Waals surface area contributed by atoms with Crippen molar-refractivity contribution in [2.75, 3.05) is 27.4 Å². The number of ether oxygens (including phenoxy) is 4. The Bertz CT molecular complexity index is 1660. The number of amides is 4. The molecular formula is C47H84B2N4O11Si2. The Balaban J connectivity index is 0.000000660. The normalized spacial score (nSPS) is 22.1. The minimum absolute atomic E-state index is 0.000613. The number of rotatable bonds is 22. The third-order valence-corrected chi connectivity index (χ3v) is 23.0. The summed E-state index contributed by atoms with van der Waals surface area (Å²) < 4.78 is 34.6. The zero-order valence-electron chi connectivity index (χ0n) is 43.6. The number of nitrogens with zero attached hydrogens (tertiary/aromatic N) is 2. The van der Waals surface area contributed by atoms with Crippen LogP contribution in [0.3, 0.4) is 0 Å². The van der Waals surface area contributed by atoms with E-state index < -0.39 is 64.6 Å². The fourth-order valence-corrected chi connectivity index (χ4v) is 9.95. The molecule has 0 bridgehead atoms. The number of methoxy groups -OCH3 is 2. The number of hydrogen-bond acceptors (Lipinski definition) is 13. The van der Waals surface area contributed by atoms with Gasteiger partial charge in [-0.3, -0.25) is 0 Å². The number of aliphatic hydroxyl groups is 1. The molecule has 0 aromatic heterocycles. The van der Waals surface area contributed by atoms with Gasteiger partial charge in [0.2, 0.25) is 0 Å². The third kappa shape index (κ3) is 15.4. The number of carbonyl (C=O) groups is 4. The van der Waals surface area contributed by atoms with Gasteiger partial charge >= 0.3 is 360 Å². The molecule has 2 aliphatic heterocycles. The summed E-state index contributed by atoms with van der Waals surface area (Å²) in [5.41, 5.74) is 1.62. The standard InChI is InChI=1S/C24H43BN2O5Si.C23H41BN2O6Si/c1-12-19(30-9)21(32-33(10,11)24(6,7)8)16(3)13-15(2)17(4)18(5)22(28)27-20(25-26)14-31-23(27)29;1-11-17(30-8)20(32-33(9,10)23(5,6)7)15(3)12-14(2)19(27)16(4)21(28)26-18(24-25)13-31-22(26)29/h12-13,16-21,26H,1,14H2,2-11H3;11-12,15-20,25,27H,1,13H2,2-10H3/b15-13-;14-12-/t16-,17+,18+,19+,20+,21+;15-,16+,17+,18+,19+,20+/m11/s1. The van der Waals surface area contributed by atoms with Gasteiger partial charge in [0.1, 0.15) is 0 Å². The van der Waals surface area contributed by atoms with Crippen LogP contribution in [-0.2, 0) is 37.4 Å². The molecule has 3 N–H and O–H groups in total. The zero-order valence-corrected chi connectivity index (χ0v) is 45.6. The Morgan fingerprint density at radius 3 is 1.33 bits per heavy atom. The minimum atomic E-state index is -2.13. The summed E-state index contributed by atoms with van der Waals surface area (Å²) in [5.74, 6) is -3.87. The fourth-order valence-electron chi connectivity index (χ4n) is 7.18. The maximum atomic E-state index is 13.0. The van der Waals surface area contributed by atoms with E-state index in [0.29, 0.717) is 5.57 Å². The Hall–Kier alpha value is -3.20. The van der Waals surface area contributed by atoms with Crippen LogP contribution in [0.2, 0.25) is 36.3 Å². The van der Waals surface area contributed by atoms with E-state index in [9.17, 15) is 24.3 Å². The summed E-state index contributed by atoms with van der Waals surface area (Å²) in [7, 11) is 1.14. The van der Waals surface area contributed by atoms with Gasteiger partial charge in [-0.25, -0.2) is 0 Å². The predicted molar refractivity (Wildman–Crippen MR) is 266 cm³/mol. The zero-order chi connectivity index (χ0) is 51.4. The number of imide groups is 2. The van der Waals surface area contributed by atoms with Crippen LogP contribution >= 0.6 is 0 Å². The predicted octanol–water partition coefficient (Wildman–Crippen LogP) is 9.13. The van der Waals surface area contributed by atoms with Gasteiger partial charge in [0, 0.05) is 0 Å². The molecule has 19 heteroatoms. The van der Waals surface area contributed by atoms with Gasteiger partial charge in [0.05, 0.1) is 0 Å². The molecule has 15 nitrogen and oxygen atoms in total. The molecular weight excluding hydrogens is 874 g/mol.